The molecule has 0 bridgehead atoms. The van der Waals surface area contributed by atoms with Crippen molar-refractivity contribution >= 4 is 19.7 Å². The van der Waals surface area contributed by atoms with Crippen molar-refractivity contribution in [3.8, 4) is 0 Å². The molecule has 5 N–H and O–H groups in total. The van der Waals surface area contributed by atoms with Gasteiger partial charge in [-0.25, -0.2) is 16.8 Å². The smallest absolute Gasteiger partial charge is 0.191 e. The predicted octanol–water partition coefficient (Wildman–Crippen LogP) is -1.02. The van der Waals surface area contributed by atoms with E-state index < -0.39 is 66.8 Å². The average molecular weight is 475 g/mol. The van der Waals surface area contributed by atoms with E-state index in [0.29, 0.717) is 0 Å². The molecule has 4 atom stereocenters. The lowest BCUT2D eigenvalue weighted by Crippen LogP contribution is -2.54. The topological polar surface area (TPSA) is 169 Å². The van der Waals surface area contributed by atoms with E-state index in [0.717, 1.165) is 0 Å². The molecule has 0 aromatic heterocycles. The van der Waals surface area contributed by atoms with Crippen LogP contribution in [-0.4, -0.2) is 78.0 Å². The summed E-state index contributed by atoms with van der Waals surface area (Å²) < 4.78 is 49.9. The van der Waals surface area contributed by atoms with E-state index in [1.807, 2.05) is 0 Å². The van der Waals surface area contributed by atoms with Crippen LogP contribution in [0.1, 0.15) is 11.1 Å². The van der Waals surface area contributed by atoms with Crippen molar-refractivity contribution in [1.82, 2.24) is 0 Å². The van der Waals surface area contributed by atoms with E-state index in [1.54, 1.807) is 36.4 Å². The molecular formula is C20H26O9S2. The molecule has 11 heteroatoms. The number of hydrogen-bond donors (Lipinski definition) is 5. The molecule has 0 aliphatic carbocycles. The first-order valence-electron chi connectivity index (χ1n) is 9.33. The summed E-state index contributed by atoms with van der Waals surface area (Å²) in [5, 5.41) is 49.2. The zero-order chi connectivity index (χ0) is 23.2. The Morgan fingerprint density at radius 1 is 0.613 bits per heavy atom. The summed E-state index contributed by atoms with van der Waals surface area (Å²) in [5.41, 5.74) is 0.528. The fourth-order valence-electron chi connectivity index (χ4n) is 3.12. The highest BCUT2D eigenvalue weighted by Crippen LogP contribution is 2.26. The third kappa shape index (κ3) is 6.56. The van der Waals surface area contributed by atoms with Crippen LogP contribution < -0.4 is 0 Å². The second-order valence-corrected chi connectivity index (χ2v) is 11.7. The van der Waals surface area contributed by atoms with Crippen molar-refractivity contribution in [2.24, 2.45) is 0 Å². The standard InChI is InChI=1S/C20H26O9S2/c21-11-16(22)17(23)18(24)19(25)20(30(26,27)12-14-7-3-1-4-8-14)31(28,29)13-15-9-5-2-6-10-15/h1-10,16-25H,11-13H2. The first-order chi connectivity index (χ1) is 14.5. The molecule has 0 saturated heterocycles. The molecule has 0 radical (unpaired) electrons. The molecule has 0 heterocycles. The molecule has 0 saturated carbocycles. The highest BCUT2D eigenvalue weighted by molar-refractivity contribution is 8.08. The minimum Gasteiger partial charge on any atom is -0.394 e. The van der Waals surface area contributed by atoms with Crippen molar-refractivity contribution in [2.45, 2.75) is 40.5 Å². The predicted molar refractivity (Wildman–Crippen MR) is 113 cm³/mol. The number of rotatable bonds is 11. The molecule has 0 aliphatic heterocycles. The second kappa shape index (κ2) is 10.6. The Morgan fingerprint density at radius 3 is 1.35 bits per heavy atom. The summed E-state index contributed by atoms with van der Waals surface area (Å²) in [6.45, 7) is -0.997. The van der Waals surface area contributed by atoms with Crippen LogP contribution in [0.2, 0.25) is 0 Å². The molecule has 31 heavy (non-hydrogen) atoms. The molecule has 2 aromatic rings. The summed E-state index contributed by atoms with van der Waals surface area (Å²) in [4.78, 5) is 0. The Morgan fingerprint density at radius 2 is 1.00 bits per heavy atom. The van der Waals surface area contributed by atoms with Crippen LogP contribution in [0.3, 0.4) is 0 Å². The van der Waals surface area contributed by atoms with Gasteiger partial charge in [-0.2, -0.15) is 0 Å². The minimum atomic E-state index is -4.62. The number of benzene rings is 2. The Balaban J connectivity index is 2.47. The van der Waals surface area contributed by atoms with Gasteiger partial charge < -0.3 is 25.5 Å². The maximum Gasteiger partial charge on any atom is 0.191 e. The fourth-order valence-corrected chi connectivity index (χ4v) is 8.13. The Hall–Kier alpha value is -1.86. The van der Waals surface area contributed by atoms with E-state index in [-0.39, 0.29) is 11.1 Å². The quantitative estimate of drug-likeness (QED) is 0.273. The first kappa shape index (κ1) is 25.4. The van der Waals surface area contributed by atoms with Crippen LogP contribution in [0, 0.1) is 0 Å². The van der Waals surface area contributed by atoms with Gasteiger partial charge >= 0.3 is 0 Å². The molecule has 172 valence electrons. The maximum absolute atomic E-state index is 13.1. The fraction of sp³-hybridized carbons (Fsp3) is 0.400. The van der Waals surface area contributed by atoms with Gasteiger partial charge in [0.05, 0.1) is 18.1 Å². The third-order valence-corrected chi connectivity index (χ3v) is 9.89. The van der Waals surface area contributed by atoms with Crippen LogP contribution >= 0.6 is 0 Å². The SMILES string of the molecule is O=S(=O)(Cc1ccccc1)C(C(O)C(O)C(O)C(O)CO)S(=O)(=O)Cc1ccccc1. The number of hydrogen-bond acceptors (Lipinski definition) is 9. The molecule has 2 rings (SSSR count). The zero-order valence-electron chi connectivity index (χ0n) is 16.5. The van der Waals surface area contributed by atoms with Crippen LogP contribution in [0.25, 0.3) is 0 Å². The molecule has 0 aliphatic rings. The number of aliphatic hydroxyl groups excluding tert-OH is 5. The molecule has 0 fully saturated rings. The number of aliphatic hydroxyl groups is 5. The van der Waals surface area contributed by atoms with Gasteiger partial charge in [0.1, 0.15) is 24.4 Å². The van der Waals surface area contributed by atoms with E-state index >= 15 is 0 Å². The van der Waals surface area contributed by atoms with Gasteiger partial charge in [-0.15, -0.1) is 0 Å². The summed E-state index contributed by atoms with van der Waals surface area (Å²) in [7, 11) is -9.23. The van der Waals surface area contributed by atoms with Crippen LogP contribution in [0.15, 0.2) is 60.7 Å². The minimum absolute atomic E-state index is 0.264. The van der Waals surface area contributed by atoms with Gasteiger partial charge in [0.25, 0.3) is 0 Å². The largest absolute Gasteiger partial charge is 0.394 e. The van der Waals surface area contributed by atoms with Crippen molar-refractivity contribution in [2.75, 3.05) is 6.61 Å². The molecular weight excluding hydrogens is 448 g/mol. The van der Waals surface area contributed by atoms with Crippen molar-refractivity contribution < 1.29 is 42.4 Å². The van der Waals surface area contributed by atoms with E-state index in [9.17, 15) is 37.3 Å². The average Bonchev–Trinajstić information content (AvgIpc) is 2.72. The molecule has 0 spiro atoms. The van der Waals surface area contributed by atoms with Crippen molar-refractivity contribution in [1.29, 1.82) is 0 Å². The third-order valence-electron chi connectivity index (χ3n) is 4.69. The summed E-state index contributed by atoms with van der Waals surface area (Å²) in [5.74, 6) is -1.48. The summed E-state index contributed by atoms with van der Waals surface area (Å²) >= 11 is 0. The summed E-state index contributed by atoms with van der Waals surface area (Å²) in [6.07, 6.45) is -8.94. The second-order valence-electron chi connectivity index (χ2n) is 7.18. The van der Waals surface area contributed by atoms with Gasteiger partial charge in [0, 0.05) is 0 Å². The Labute approximate surface area is 181 Å². The number of sulfone groups is 2. The lowest BCUT2D eigenvalue weighted by atomic mass is 10.0. The maximum atomic E-state index is 13.1. The van der Waals surface area contributed by atoms with Gasteiger partial charge in [-0.05, 0) is 11.1 Å². The monoisotopic (exact) mass is 474 g/mol. The van der Waals surface area contributed by atoms with Crippen LogP contribution in [-0.2, 0) is 31.2 Å². The first-order valence-corrected chi connectivity index (χ1v) is 12.8. The van der Waals surface area contributed by atoms with E-state index in [1.165, 1.54) is 24.3 Å². The van der Waals surface area contributed by atoms with Crippen molar-refractivity contribution in [3.63, 3.8) is 0 Å². The molecule has 0 amide bonds. The van der Waals surface area contributed by atoms with E-state index in [4.69, 9.17) is 5.11 Å². The lowest BCUT2D eigenvalue weighted by molar-refractivity contribution is -0.111. The zero-order valence-corrected chi connectivity index (χ0v) is 18.1. The van der Waals surface area contributed by atoms with Gasteiger partial charge in [-0.1, -0.05) is 60.7 Å². The van der Waals surface area contributed by atoms with Crippen molar-refractivity contribution in [3.05, 3.63) is 71.8 Å². The van der Waals surface area contributed by atoms with Gasteiger partial charge in [-0.3, -0.25) is 0 Å². The Kier molecular flexibility index (Phi) is 8.72. The van der Waals surface area contributed by atoms with Crippen LogP contribution in [0.5, 0.6) is 0 Å². The molecule has 4 unspecified atom stereocenters. The van der Waals surface area contributed by atoms with E-state index in [2.05, 4.69) is 0 Å². The normalized spacial score (nSPS) is 16.6. The summed E-state index contributed by atoms with van der Waals surface area (Å²) in [6, 6.07) is 15.4. The molecule has 2 aromatic carbocycles. The molecule has 9 nitrogen and oxygen atoms in total. The van der Waals surface area contributed by atoms with Gasteiger partial charge in [0.15, 0.2) is 24.3 Å². The highest BCUT2D eigenvalue weighted by atomic mass is 32.3. The van der Waals surface area contributed by atoms with Gasteiger partial charge in [0.2, 0.25) is 0 Å². The Bertz CT molecular complexity index is 953. The highest BCUT2D eigenvalue weighted by Gasteiger charge is 2.48. The van der Waals surface area contributed by atoms with Crippen LogP contribution in [0.4, 0.5) is 0 Å². The lowest BCUT2D eigenvalue weighted by Gasteiger charge is -2.30.